The number of carboxylic acid groups (broad SMARTS) is 1. The molecule has 2 atom stereocenters. The van der Waals surface area contributed by atoms with Crippen molar-refractivity contribution >= 4 is 23.5 Å². The van der Waals surface area contributed by atoms with Gasteiger partial charge in [0.25, 0.3) is 5.91 Å². The van der Waals surface area contributed by atoms with Crippen LogP contribution in [0.15, 0.2) is 72.8 Å². The molecular weight excluding hydrogens is 559 g/mol. The second kappa shape index (κ2) is 11.9. The fourth-order valence-electron chi connectivity index (χ4n) is 5.97. The smallest absolute Gasteiger partial charge is 0.435 e. The predicted molar refractivity (Wildman–Crippen MR) is 158 cm³/mol. The lowest BCUT2D eigenvalue weighted by molar-refractivity contribution is -0.929. The highest BCUT2D eigenvalue weighted by Crippen LogP contribution is 2.33. The first-order chi connectivity index (χ1) is 20.0. The van der Waals surface area contributed by atoms with E-state index in [-0.39, 0.29) is 27.6 Å². The number of rotatable bonds is 6. The van der Waals surface area contributed by atoms with Crippen LogP contribution in [0.4, 0.5) is 23.7 Å². The van der Waals surface area contributed by atoms with E-state index in [9.17, 15) is 32.7 Å². The van der Waals surface area contributed by atoms with E-state index in [0.29, 0.717) is 37.4 Å². The summed E-state index contributed by atoms with van der Waals surface area (Å²) in [6.07, 6.45) is -5.28. The summed E-state index contributed by atoms with van der Waals surface area (Å²) < 4.78 is 38.5. The van der Waals surface area contributed by atoms with Gasteiger partial charge in [-0.1, -0.05) is 36.4 Å². The summed E-state index contributed by atoms with van der Waals surface area (Å²) in [5.74, 6) is -0.720. The predicted octanol–water partition coefficient (Wildman–Crippen LogP) is 6.71. The van der Waals surface area contributed by atoms with Gasteiger partial charge >= 0.3 is 12.3 Å². The normalized spacial score (nSPS) is 19.6. The molecule has 0 aromatic heterocycles. The van der Waals surface area contributed by atoms with Gasteiger partial charge in [0.2, 0.25) is 0 Å². The molecule has 7 nitrogen and oxygen atoms in total. The molecule has 10 heteroatoms. The lowest BCUT2D eigenvalue weighted by Gasteiger charge is -2.52. The molecule has 1 aliphatic rings. The molecule has 1 aliphatic heterocycles. The number of carbonyl (C=O) groups is 3. The highest BCUT2D eigenvalue weighted by molar-refractivity contribution is 6.10. The number of amides is 2. The molecule has 4 rings (SSSR count). The third-order valence-corrected chi connectivity index (χ3v) is 8.49. The van der Waals surface area contributed by atoms with Crippen LogP contribution in [0.3, 0.4) is 0 Å². The second-order valence-electron chi connectivity index (χ2n) is 12.1. The summed E-state index contributed by atoms with van der Waals surface area (Å²) in [6.45, 7) is 10.4. The number of piperazine rings is 1. The fourth-order valence-corrected chi connectivity index (χ4v) is 5.97. The lowest BCUT2D eigenvalue weighted by atomic mass is 9.95. The Bertz CT molecular complexity index is 1480. The summed E-state index contributed by atoms with van der Waals surface area (Å²) in [7, 11) is 1.65. The van der Waals surface area contributed by atoms with E-state index in [1.165, 1.54) is 29.2 Å². The zero-order valence-electron chi connectivity index (χ0n) is 25.0. The Morgan fingerprint density at radius 1 is 0.884 bits per heavy atom. The first kappa shape index (κ1) is 31.9. The summed E-state index contributed by atoms with van der Waals surface area (Å²) in [6, 6.07) is 17.6. The SMILES string of the molecule is C[C@H]1CN(Cc2ccc(N(C)C(=O)c3ccc(C(=O)c4ccc(C(F)(F)F)cc4)cc3)cc2)CC[N+]1(C(=O)O)C(C)(C)C. The number of halogens is 3. The maximum absolute atomic E-state index is 13.1. The third-order valence-electron chi connectivity index (χ3n) is 8.49. The van der Waals surface area contributed by atoms with Gasteiger partial charge < -0.3 is 10.0 Å². The summed E-state index contributed by atoms with van der Waals surface area (Å²) >= 11 is 0. The summed E-state index contributed by atoms with van der Waals surface area (Å²) in [5.41, 5.74) is 1.22. The Hall–Kier alpha value is -4.02. The van der Waals surface area contributed by atoms with Crippen molar-refractivity contribution in [1.82, 2.24) is 4.90 Å². The van der Waals surface area contributed by atoms with Crippen LogP contribution in [-0.4, -0.2) is 70.5 Å². The number of nitrogens with zero attached hydrogens (tertiary/aromatic N) is 3. The molecule has 228 valence electrons. The van der Waals surface area contributed by atoms with Gasteiger partial charge in [0.15, 0.2) is 5.78 Å². The number of ketones is 1. The molecule has 3 aromatic rings. The van der Waals surface area contributed by atoms with Crippen molar-refractivity contribution in [3.8, 4) is 0 Å². The Kier molecular flexibility index (Phi) is 8.85. The molecule has 1 saturated heterocycles. The lowest BCUT2D eigenvalue weighted by Crippen LogP contribution is -2.73. The van der Waals surface area contributed by atoms with Crippen LogP contribution in [0.1, 0.15) is 65.1 Å². The number of hydrogen-bond acceptors (Lipinski definition) is 4. The Balaban J connectivity index is 1.38. The van der Waals surface area contributed by atoms with Crippen molar-refractivity contribution in [2.24, 2.45) is 0 Å². The molecular formula is C33H37F3N3O4+. The monoisotopic (exact) mass is 596 g/mol. The van der Waals surface area contributed by atoms with Crippen molar-refractivity contribution in [3.63, 3.8) is 0 Å². The van der Waals surface area contributed by atoms with E-state index < -0.39 is 29.2 Å². The van der Waals surface area contributed by atoms with Gasteiger partial charge in [-0.2, -0.15) is 18.0 Å². The van der Waals surface area contributed by atoms with Crippen LogP contribution in [0.2, 0.25) is 0 Å². The Morgan fingerprint density at radius 2 is 1.40 bits per heavy atom. The minimum atomic E-state index is -4.48. The molecule has 0 saturated carbocycles. The average Bonchev–Trinajstić information content (AvgIpc) is 2.95. The quantitative estimate of drug-likeness (QED) is 0.253. The van der Waals surface area contributed by atoms with Gasteiger partial charge in [-0.05, 0) is 69.7 Å². The highest BCUT2D eigenvalue weighted by atomic mass is 19.4. The second-order valence-corrected chi connectivity index (χ2v) is 12.1. The summed E-state index contributed by atoms with van der Waals surface area (Å²) in [5, 5.41) is 10.1. The Labute approximate surface area is 249 Å². The molecule has 1 unspecified atom stereocenters. The van der Waals surface area contributed by atoms with E-state index in [4.69, 9.17) is 0 Å². The van der Waals surface area contributed by atoms with E-state index in [2.05, 4.69) is 4.90 Å². The first-order valence-electron chi connectivity index (χ1n) is 14.1. The zero-order valence-corrected chi connectivity index (χ0v) is 25.0. The van der Waals surface area contributed by atoms with E-state index in [1.54, 1.807) is 7.05 Å². The minimum Gasteiger partial charge on any atom is -0.435 e. The maximum Gasteiger partial charge on any atom is 0.514 e. The first-order valence-corrected chi connectivity index (χ1v) is 14.1. The van der Waals surface area contributed by atoms with Crippen LogP contribution < -0.4 is 4.90 Å². The number of anilines is 1. The van der Waals surface area contributed by atoms with E-state index >= 15 is 0 Å². The average molecular weight is 597 g/mol. The molecule has 43 heavy (non-hydrogen) atoms. The van der Waals surface area contributed by atoms with Crippen LogP contribution >= 0.6 is 0 Å². The molecule has 0 bridgehead atoms. The largest absolute Gasteiger partial charge is 0.514 e. The molecule has 0 aliphatic carbocycles. The molecule has 1 N–H and O–H groups in total. The fraction of sp³-hybridized carbons (Fsp3) is 0.364. The molecule has 0 radical (unpaired) electrons. The summed E-state index contributed by atoms with van der Waals surface area (Å²) in [4.78, 5) is 41.9. The van der Waals surface area contributed by atoms with Crippen molar-refractivity contribution in [2.45, 2.75) is 52.0 Å². The van der Waals surface area contributed by atoms with Gasteiger partial charge in [0, 0.05) is 42.5 Å². The van der Waals surface area contributed by atoms with E-state index in [0.717, 1.165) is 29.8 Å². The minimum absolute atomic E-state index is 0.0273. The van der Waals surface area contributed by atoms with E-state index in [1.807, 2.05) is 52.0 Å². The van der Waals surface area contributed by atoms with Gasteiger partial charge in [-0.3, -0.25) is 14.5 Å². The standard InChI is InChI=1S/C33H36F3N3O4/c1-22-20-38(18-19-39(22,31(42)43)32(2,3)4)21-23-6-16-28(17-7-23)37(5)30(41)26-10-8-24(9-11-26)29(40)25-12-14-27(15-13-25)33(34,35)36/h6-17,22H,18-21H2,1-5H3/p+1/t22-,39?/m0/s1. The number of carbonyl (C=O) groups excluding carboxylic acids is 2. The molecule has 0 spiro atoms. The van der Waals surface area contributed by atoms with Crippen LogP contribution in [0.5, 0.6) is 0 Å². The van der Waals surface area contributed by atoms with Gasteiger partial charge in [-0.15, -0.1) is 0 Å². The van der Waals surface area contributed by atoms with Crippen LogP contribution in [-0.2, 0) is 12.7 Å². The van der Waals surface area contributed by atoms with Gasteiger partial charge in [-0.25, -0.2) is 4.48 Å². The number of benzene rings is 3. The topological polar surface area (TPSA) is 77.9 Å². The molecule has 2 amide bonds. The van der Waals surface area contributed by atoms with Crippen molar-refractivity contribution in [3.05, 3.63) is 101 Å². The molecule has 3 aromatic carbocycles. The van der Waals surface area contributed by atoms with Gasteiger partial charge in [0.05, 0.1) is 12.1 Å². The van der Waals surface area contributed by atoms with Crippen molar-refractivity contribution in [2.75, 3.05) is 31.6 Å². The Morgan fingerprint density at radius 3 is 1.86 bits per heavy atom. The third kappa shape index (κ3) is 6.50. The zero-order chi connectivity index (χ0) is 31.7. The number of hydrogen-bond donors (Lipinski definition) is 1. The number of alkyl halides is 3. The van der Waals surface area contributed by atoms with Crippen molar-refractivity contribution < 1.29 is 37.1 Å². The van der Waals surface area contributed by atoms with Crippen molar-refractivity contribution in [1.29, 1.82) is 0 Å². The van der Waals surface area contributed by atoms with Crippen LogP contribution in [0, 0.1) is 0 Å². The number of quaternary nitrogens is 1. The maximum atomic E-state index is 13.1. The highest BCUT2D eigenvalue weighted by Gasteiger charge is 2.54. The van der Waals surface area contributed by atoms with Crippen LogP contribution in [0.25, 0.3) is 0 Å². The van der Waals surface area contributed by atoms with Gasteiger partial charge in [0.1, 0.15) is 18.1 Å². The molecule has 1 fully saturated rings. The molecule has 1 heterocycles.